The number of aromatic amines is 1. The average Bonchev–Trinajstić information content (AvgIpc) is 2.47. The third kappa shape index (κ3) is 2.14. The van der Waals surface area contributed by atoms with Crippen LogP contribution in [0.25, 0.3) is 10.9 Å². The van der Waals surface area contributed by atoms with Crippen LogP contribution in [0.1, 0.15) is 22.4 Å². The topological polar surface area (TPSA) is 32.9 Å². The minimum absolute atomic E-state index is 0.131. The van der Waals surface area contributed by atoms with Gasteiger partial charge in [-0.25, -0.2) is 0 Å². The van der Waals surface area contributed by atoms with Crippen molar-refractivity contribution < 1.29 is 0 Å². The first-order chi connectivity index (χ1) is 9.66. The Morgan fingerprint density at radius 1 is 0.950 bits per heavy atom. The zero-order valence-electron chi connectivity index (χ0n) is 11.7. The van der Waals surface area contributed by atoms with E-state index in [1.165, 1.54) is 5.56 Å². The quantitative estimate of drug-likeness (QED) is 0.750. The number of rotatable bonds is 2. The lowest BCUT2D eigenvalue weighted by atomic mass is 10.0. The fourth-order valence-electron chi connectivity index (χ4n) is 2.55. The maximum absolute atomic E-state index is 12.3. The zero-order valence-corrected chi connectivity index (χ0v) is 11.7. The standard InChI is InChI=1S/C18H17NO/c1-12-13(2)19-17-15(9-6-10-16(17)18(12)20)11-14-7-4-3-5-8-14/h3-10H,11H2,1-2H3,(H,19,20). The molecule has 0 aliphatic heterocycles. The van der Waals surface area contributed by atoms with Gasteiger partial charge in [0.2, 0.25) is 0 Å². The van der Waals surface area contributed by atoms with Crippen molar-refractivity contribution in [2.75, 3.05) is 0 Å². The van der Waals surface area contributed by atoms with Crippen molar-refractivity contribution in [1.29, 1.82) is 0 Å². The molecule has 1 aromatic heterocycles. The maximum Gasteiger partial charge on any atom is 0.192 e. The summed E-state index contributed by atoms with van der Waals surface area (Å²) in [5, 5.41) is 0.779. The van der Waals surface area contributed by atoms with Crippen molar-refractivity contribution in [2.45, 2.75) is 20.3 Å². The van der Waals surface area contributed by atoms with Crippen LogP contribution in [0.4, 0.5) is 0 Å². The summed E-state index contributed by atoms with van der Waals surface area (Å²) in [6.45, 7) is 3.83. The second-order valence-corrected chi connectivity index (χ2v) is 5.21. The molecular formula is C18H17NO. The van der Waals surface area contributed by atoms with Crippen molar-refractivity contribution in [2.24, 2.45) is 0 Å². The second-order valence-electron chi connectivity index (χ2n) is 5.21. The first kappa shape index (κ1) is 12.7. The van der Waals surface area contributed by atoms with Gasteiger partial charge in [0.05, 0.1) is 5.52 Å². The zero-order chi connectivity index (χ0) is 14.1. The molecule has 20 heavy (non-hydrogen) atoms. The average molecular weight is 263 g/mol. The lowest BCUT2D eigenvalue weighted by Gasteiger charge is -2.09. The highest BCUT2D eigenvalue weighted by Crippen LogP contribution is 2.19. The number of hydrogen-bond donors (Lipinski definition) is 1. The maximum atomic E-state index is 12.3. The molecule has 0 spiro atoms. The van der Waals surface area contributed by atoms with Gasteiger partial charge in [0, 0.05) is 16.6 Å². The molecule has 3 aromatic rings. The molecule has 0 aliphatic carbocycles. The summed E-state index contributed by atoms with van der Waals surface area (Å²) < 4.78 is 0. The fraction of sp³-hybridized carbons (Fsp3) is 0.167. The van der Waals surface area contributed by atoms with Crippen LogP contribution in [0, 0.1) is 13.8 Å². The third-order valence-corrected chi connectivity index (χ3v) is 3.85. The van der Waals surface area contributed by atoms with Crippen LogP contribution >= 0.6 is 0 Å². The molecule has 100 valence electrons. The Morgan fingerprint density at radius 2 is 1.70 bits per heavy atom. The molecular weight excluding hydrogens is 246 g/mol. The molecule has 1 heterocycles. The van der Waals surface area contributed by atoms with E-state index in [-0.39, 0.29) is 5.43 Å². The number of H-pyrrole nitrogens is 1. The van der Waals surface area contributed by atoms with Crippen molar-refractivity contribution in [3.8, 4) is 0 Å². The molecule has 0 unspecified atom stereocenters. The van der Waals surface area contributed by atoms with E-state index in [9.17, 15) is 4.79 Å². The summed E-state index contributed by atoms with van der Waals surface area (Å²) in [5.41, 5.74) is 5.25. The van der Waals surface area contributed by atoms with E-state index in [2.05, 4.69) is 23.2 Å². The lowest BCUT2D eigenvalue weighted by molar-refractivity contribution is 1.14. The Bertz CT molecular complexity index is 816. The molecule has 1 N–H and O–H groups in total. The van der Waals surface area contributed by atoms with Crippen molar-refractivity contribution >= 4 is 10.9 Å². The minimum Gasteiger partial charge on any atom is -0.358 e. The molecule has 2 nitrogen and oxygen atoms in total. The highest BCUT2D eigenvalue weighted by atomic mass is 16.1. The van der Waals surface area contributed by atoms with E-state index in [1.54, 1.807) is 0 Å². The molecule has 2 aromatic carbocycles. The number of nitrogens with one attached hydrogen (secondary N) is 1. The van der Waals surface area contributed by atoms with Gasteiger partial charge in [-0.2, -0.15) is 0 Å². The monoisotopic (exact) mass is 263 g/mol. The summed E-state index contributed by atoms with van der Waals surface area (Å²) in [4.78, 5) is 15.7. The van der Waals surface area contributed by atoms with Crippen LogP contribution < -0.4 is 5.43 Å². The normalized spacial score (nSPS) is 10.9. The van der Waals surface area contributed by atoms with E-state index < -0.39 is 0 Å². The number of fused-ring (bicyclic) bond motifs is 1. The summed E-state index contributed by atoms with van der Waals surface area (Å²) in [6, 6.07) is 16.3. The van der Waals surface area contributed by atoms with Crippen molar-refractivity contribution in [3.05, 3.63) is 81.1 Å². The van der Waals surface area contributed by atoms with Gasteiger partial charge in [-0.3, -0.25) is 4.79 Å². The van der Waals surface area contributed by atoms with Gasteiger partial charge in [-0.15, -0.1) is 0 Å². The molecule has 0 saturated carbocycles. The molecule has 0 bridgehead atoms. The van der Waals surface area contributed by atoms with E-state index in [0.29, 0.717) is 0 Å². The predicted molar refractivity (Wildman–Crippen MR) is 83.3 cm³/mol. The third-order valence-electron chi connectivity index (χ3n) is 3.85. The first-order valence-corrected chi connectivity index (χ1v) is 6.82. The summed E-state index contributed by atoms with van der Waals surface area (Å²) in [6.07, 6.45) is 0.830. The van der Waals surface area contributed by atoms with Crippen LogP contribution in [0.3, 0.4) is 0 Å². The van der Waals surface area contributed by atoms with Gasteiger partial charge in [0.15, 0.2) is 5.43 Å². The number of aromatic nitrogens is 1. The summed E-state index contributed by atoms with van der Waals surface area (Å²) in [5.74, 6) is 0. The lowest BCUT2D eigenvalue weighted by Crippen LogP contribution is -2.10. The molecule has 0 radical (unpaired) electrons. The van der Waals surface area contributed by atoms with Gasteiger partial charge in [0.25, 0.3) is 0 Å². The number of aryl methyl sites for hydroxylation is 1. The largest absolute Gasteiger partial charge is 0.358 e. The Kier molecular flexibility index (Phi) is 3.15. The van der Waals surface area contributed by atoms with Crippen LogP contribution in [0.5, 0.6) is 0 Å². The SMILES string of the molecule is Cc1[nH]c2c(Cc3ccccc3)cccc2c(=O)c1C. The van der Waals surface area contributed by atoms with Crippen LogP contribution in [-0.4, -0.2) is 4.98 Å². The summed E-state index contributed by atoms with van der Waals surface area (Å²) in [7, 11) is 0. The van der Waals surface area contributed by atoms with E-state index in [1.807, 2.05) is 44.2 Å². The molecule has 0 saturated heterocycles. The molecule has 0 aliphatic rings. The van der Waals surface area contributed by atoms with E-state index in [4.69, 9.17) is 0 Å². The van der Waals surface area contributed by atoms with E-state index in [0.717, 1.165) is 34.1 Å². The fourth-order valence-corrected chi connectivity index (χ4v) is 2.55. The summed E-state index contributed by atoms with van der Waals surface area (Å²) >= 11 is 0. The molecule has 0 atom stereocenters. The number of benzene rings is 2. The van der Waals surface area contributed by atoms with Gasteiger partial charge < -0.3 is 4.98 Å². The Balaban J connectivity index is 2.20. The van der Waals surface area contributed by atoms with Gasteiger partial charge >= 0.3 is 0 Å². The molecule has 0 amide bonds. The highest BCUT2D eigenvalue weighted by molar-refractivity contribution is 5.82. The van der Waals surface area contributed by atoms with Crippen LogP contribution in [0.15, 0.2) is 53.3 Å². The number of pyridine rings is 1. The van der Waals surface area contributed by atoms with Gasteiger partial charge in [-0.1, -0.05) is 42.5 Å². The smallest absolute Gasteiger partial charge is 0.192 e. The van der Waals surface area contributed by atoms with Gasteiger partial charge in [-0.05, 0) is 37.5 Å². The Labute approximate surface area is 118 Å². The number of para-hydroxylation sites is 1. The highest BCUT2D eigenvalue weighted by Gasteiger charge is 2.08. The Morgan fingerprint density at radius 3 is 2.45 bits per heavy atom. The molecule has 2 heteroatoms. The second kappa shape index (κ2) is 4.97. The molecule has 0 fully saturated rings. The Hall–Kier alpha value is -2.35. The number of hydrogen-bond acceptors (Lipinski definition) is 1. The van der Waals surface area contributed by atoms with Crippen LogP contribution in [-0.2, 0) is 6.42 Å². The van der Waals surface area contributed by atoms with Crippen molar-refractivity contribution in [3.63, 3.8) is 0 Å². The molecule has 3 rings (SSSR count). The van der Waals surface area contributed by atoms with Crippen LogP contribution in [0.2, 0.25) is 0 Å². The minimum atomic E-state index is 0.131. The van der Waals surface area contributed by atoms with Gasteiger partial charge in [0.1, 0.15) is 0 Å². The van der Waals surface area contributed by atoms with E-state index >= 15 is 0 Å². The first-order valence-electron chi connectivity index (χ1n) is 6.82. The van der Waals surface area contributed by atoms with Crippen molar-refractivity contribution in [1.82, 2.24) is 4.98 Å². The predicted octanol–water partition coefficient (Wildman–Crippen LogP) is 3.74.